The Kier molecular flexibility index (Phi) is 3.09. The van der Waals surface area contributed by atoms with E-state index in [-0.39, 0.29) is 0 Å². The van der Waals surface area contributed by atoms with Crippen molar-refractivity contribution in [2.45, 2.75) is 50.4 Å². The molecule has 0 saturated carbocycles. The number of hydrogen-bond acceptors (Lipinski definition) is 0. The van der Waals surface area contributed by atoms with Crippen LogP contribution in [0.2, 0.25) is 0 Å². The van der Waals surface area contributed by atoms with Crippen molar-refractivity contribution in [3.8, 4) is 0 Å². The normalized spacial score (nSPS) is 29.5. The smallest absolute Gasteiger partial charge is 0.0622 e. The summed E-state index contributed by atoms with van der Waals surface area (Å²) in [6, 6.07) is 11.1. The molecule has 0 amide bonds. The van der Waals surface area contributed by atoms with Crippen molar-refractivity contribution in [2.24, 2.45) is 5.41 Å². The van der Waals surface area contributed by atoms with Gasteiger partial charge in [0.25, 0.3) is 0 Å². The maximum atomic E-state index is 2.39. The fourth-order valence-corrected chi connectivity index (χ4v) is 6.31. The molecule has 0 nitrogen and oxygen atoms in total. The minimum Gasteiger partial charge on any atom is -0.0622 e. The van der Waals surface area contributed by atoms with Crippen molar-refractivity contribution in [2.75, 3.05) is 0 Å². The first-order valence-corrected chi connectivity index (χ1v) is 7.60. The van der Waals surface area contributed by atoms with Gasteiger partial charge in [-0.05, 0) is 13.8 Å². The fourth-order valence-electron chi connectivity index (χ4n) is 2.65. The summed E-state index contributed by atoms with van der Waals surface area (Å²) in [7, 11) is 0.587. The van der Waals surface area contributed by atoms with E-state index in [1.54, 1.807) is 5.56 Å². The Bertz CT molecular complexity index is 347. The van der Waals surface area contributed by atoms with Gasteiger partial charge in [-0.3, -0.25) is 0 Å². The Balaban J connectivity index is 2.23. The maximum absolute atomic E-state index is 2.39. The van der Waals surface area contributed by atoms with E-state index in [0.29, 0.717) is 16.3 Å². The van der Waals surface area contributed by atoms with E-state index in [1.165, 1.54) is 0 Å². The lowest BCUT2D eigenvalue weighted by Gasteiger charge is -2.12. The van der Waals surface area contributed by atoms with Gasteiger partial charge in [0.05, 0.1) is 0 Å². The van der Waals surface area contributed by atoms with Crippen LogP contribution in [0.4, 0.5) is 0 Å². The van der Waals surface area contributed by atoms with Crippen LogP contribution in [0.15, 0.2) is 30.3 Å². The first-order valence-electron chi connectivity index (χ1n) is 6.18. The molecule has 1 unspecified atom stereocenters. The fraction of sp³-hybridized carbons (Fsp3) is 0.600. The van der Waals surface area contributed by atoms with Gasteiger partial charge in [-0.25, -0.2) is 0 Å². The molecule has 0 aromatic heterocycles. The monoisotopic (exact) mass is 235 g/mol. The third-order valence-corrected chi connectivity index (χ3v) is 6.78. The van der Waals surface area contributed by atoms with E-state index in [9.17, 15) is 0 Å². The molecule has 1 aromatic rings. The highest BCUT2D eigenvalue weighted by Crippen LogP contribution is 2.58. The molecule has 1 aliphatic rings. The summed E-state index contributed by atoms with van der Waals surface area (Å²) in [4.78, 5) is 0. The van der Waals surface area contributed by atoms with Crippen molar-refractivity contribution >= 4 is 10.9 Å². The van der Waals surface area contributed by atoms with Crippen LogP contribution < -0.4 is 0 Å². The van der Waals surface area contributed by atoms with E-state index < -0.39 is 0 Å². The largest absolute Gasteiger partial charge is 0.191 e. The van der Waals surface area contributed by atoms with Crippen LogP contribution in [0.3, 0.4) is 0 Å². The lowest BCUT2D eigenvalue weighted by Crippen LogP contribution is -2.17. The first-order chi connectivity index (χ1) is 7.43. The number of benzene rings is 1. The van der Waals surface area contributed by atoms with E-state index in [2.05, 4.69) is 65.0 Å². The van der Waals surface area contributed by atoms with Crippen molar-refractivity contribution < 1.29 is 0 Å². The molecule has 1 aromatic carbocycles. The van der Waals surface area contributed by atoms with Gasteiger partial charge in [0, 0.05) is 21.9 Å². The highest BCUT2D eigenvalue weighted by molar-refractivity contribution is 8.05. The summed E-state index contributed by atoms with van der Waals surface area (Å²) in [5, 5.41) is 2.53. The van der Waals surface area contributed by atoms with E-state index in [4.69, 9.17) is 0 Å². The summed E-state index contributed by atoms with van der Waals surface area (Å²) in [6.07, 6.45) is 0. The lowest BCUT2D eigenvalue weighted by molar-refractivity contribution is 0.416. The van der Waals surface area contributed by atoms with Crippen LogP contribution >= 0.6 is 0 Å². The molecule has 0 N–H and O–H groups in total. The standard InChI is InChI=1S/C15H23S/c1-11(2)16-13(14(16)15(3,4)5)12-9-7-6-8-10-12/h6-11,13-14H,1-5H3/q+1/t13-,14+,16?/m1/s1. The summed E-state index contributed by atoms with van der Waals surface area (Å²) in [5.41, 5.74) is 2.01. The molecule has 2 rings (SSSR count). The SMILES string of the molecule is CC(C)[S+]1[C@H](c2ccccc2)[C@H]1C(C)(C)C. The third-order valence-electron chi connectivity index (χ3n) is 3.31. The first kappa shape index (κ1) is 12.0. The van der Waals surface area contributed by atoms with Gasteiger partial charge in [0.2, 0.25) is 0 Å². The van der Waals surface area contributed by atoms with E-state index >= 15 is 0 Å². The predicted molar refractivity (Wildman–Crippen MR) is 74.9 cm³/mol. The second-order valence-electron chi connectivity index (χ2n) is 6.07. The van der Waals surface area contributed by atoms with Gasteiger partial charge in [0.15, 0.2) is 10.5 Å². The van der Waals surface area contributed by atoms with Crippen LogP contribution in [0.25, 0.3) is 0 Å². The zero-order valence-electron chi connectivity index (χ0n) is 11.0. The minimum atomic E-state index is 0.452. The van der Waals surface area contributed by atoms with Crippen molar-refractivity contribution in [1.29, 1.82) is 0 Å². The van der Waals surface area contributed by atoms with Crippen LogP contribution in [-0.4, -0.2) is 10.5 Å². The summed E-state index contributed by atoms with van der Waals surface area (Å²) in [6.45, 7) is 11.9. The Morgan fingerprint density at radius 2 is 1.62 bits per heavy atom. The molecule has 1 aliphatic heterocycles. The topological polar surface area (TPSA) is 0 Å². The van der Waals surface area contributed by atoms with Gasteiger partial charge in [0.1, 0.15) is 5.25 Å². The summed E-state index contributed by atoms with van der Waals surface area (Å²) in [5.74, 6) is 0. The quantitative estimate of drug-likeness (QED) is 0.533. The van der Waals surface area contributed by atoms with Gasteiger partial charge in [-0.1, -0.05) is 51.1 Å². The molecule has 1 fully saturated rings. The molecule has 3 atom stereocenters. The van der Waals surface area contributed by atoms with Crippen molar-refractivity contribution in [3.63, 3.8) is 0 Å². The molecule has 1 heteroatoms. The van der Waals surface area contributed by atoms with Crippen molar-refractivity contribution in [1.82, 2.24) is 0 Å². The number of rotatable bonds is 2. The highest BCUT2D eigenvalue weighted by atomic mass is 32.2. The molecular weight excluding hydrogens is 212 g/mol. The molecule has 1 saturated heterocycles. The summed E-state index contributed by atoms with van der Waals surface area (Å²) < 4.78 is 0. The molecule has 0 aliphatic carbocycles. The number of hydrogen-bond donors (Lipinski definition) is 0. The predicted octanol–water partition coefficient (Wildman–Crippen LogP) is 4.18. The summed E-state index contributed by atoms with van der Waals surface area (Å²) >= 11 is 0. The molecule has 16 heavy (non-hydrogen) atoms. The molecule has 88 valence electrons. The van der Waals surface area contributed by atoms with Crippen LogP contribution in [0, 0.1) is 5.41 Å². The average Bonchev–Trinajstić information content (AvgIpc) is 2.93. The zero-order chi connectivity index (χ0) is 11.9. The molecule has 0 spiro atoms. The van der Waals surface area contributed by atoms with Crippen LogP contribution in [0.1, 0.15) is 45.4 Å². The van der Waals surface area contributed by atoms with Crippen LogP contribution in [-0.2, 0) is 10.9 Å². The van der Waals surface area contributed by atoms with Crippen LogP contribution in [0.5, 0.6) is 0 Å². The Morgan fingerprint density at radius 3 is 2.00 bits per heavy atom. The molecule has 0 bridgehead atoms. The Hall–Kier alpha value is -0.430. The third kappa shape index (κ3) is 2.15. The molecule has 1 heterocycles. The minimum absolute atomic E-state index is 0.452. The maximum Gasteiger partial charge on any atom is 0.191 e. The Labute approximate surface area is 103 Å². The van der Waals surface area contributed by atoms with E-state index in [0.717, 1.165) is 15.7 Å². The van der Waals surface area contributed by atoms with Crippen molar-refractivity contribution in [3.05, 3.63) is 35.9 Å². The van der Waals surface area contributed by atoms with E-state index in [1.807, 2.05) is 0 Å². The van der Waals surface area contributed by atoms with Gasteiger partial charge >= 0.3 is 0 Å². The second-order valence-corrected chi connectivity index (χ2v) is 8.85. The zero-order valence-corrected chi connectivity index (χ0v) is 11.8. The molecule has 0 radical (unpaired) electrons. The van der Waals surface area contributed by atoms with Gasteiger partial charge < -0.3 is 0 Å². The van der Waals surface area contributed by atoms with Gasteiger partial charge in [-0.15, -0.1) is 0 Å². The van der Waals surface area contributed by atoms with Gasteiger partial charge in [-0.2, -0.15) is 0 Å². The lowest BCUT2D eigenvalue weighted by atomic mass is 9.89. The highest BCUT2D eigenvalue weighted by Gasteiger charge is 2.69. The molecular formula is C15H23S+. The average molecular weight is 235 g/mol. The Morgan fingerprint density at radius 1 is 1.06 bits per heavy atom. The second kappa shape index (κ2) is 4.10.